The number of ether oxygens (including phenoxy) is 2. The molecule has 1 aromatic rings. The van der Waals surface area contributed by atoms with Gasteiger partial charge in [-0.05, 0) is 45.0 Å². The van der Waals surface area contributed by atoms with E-state index in [2.05, 4.69) is 10.6 Å². The molecular formula is C19H25N3O6. The molecule has 0 aliphatic carbocycles. The molecule has 0 bridgehead atoms. The summed E-state index contributed by atoms with van der Waals surface area (Å²) in [5, 5.41) is 5.30. The van der Waals surface area contributed by atoms with E-state index in [9.17, 15) is 19.2 Å². The fraction of sp³-hybridized carbons (Fsp3) is 0.474. The average molecular weight is 391 g/mol. The Morgan fingerprint density at radius 2 is 1.82 bits per heavy atom. The van der Waals surface area contributed by atoms with Crippen LogP contribution in [0.1, 0.15) is 37.6 Å². The van der Waals surface area contributed by atoms with Crippen LogP contribution in [-0.4, -0.2) is 60.6 Å². The molecule has 1 aliphatic heterocycles. The SMILES string of the molecule is COC(=O)[C@@H]1CC(NC(=O)c2ccc(NC=O)cc2)CN1C(=O)OC(C)(C)C. The number of nitrogens with one attached hydrogen (secondary N) is 2. The first-order chi connectivity index (χ1) is 13.1. The number of methoxy groups -OCH3 is 1. The topological polar surface area (TPSA) is 114 Å². The number of benzene rings is 1. The van der Waals surface area contributed by atoms with Gasteiger partial charge in [0.1, 0.15) is 11.6 Å². The maximum atomic E-state index is 12.5. The lowest BCUT2D eigenvalue weighted by molar-refractivity contribution is -0.145. The van der Waals surface area contributed by atoms with Crippen LogP contribution in [0.2, 0.25) is 0 Å². The van der Waals surface area contributed by atoms with Crippen molar-refractivity contribution in [3.8, 4) is 0 Å². The molecule has 0 saturated carbocycles. The first-order valence-corrected chi connectivity index (χ1v) is 8.83. The molecule has 1 aromatic carbocycles. The highest BCUT2D eigenvalue weighted by molar-refractivity contribution is 5.95. The van der Waals surface area contributed by atoms with Crippen molar-refractivity contribution in [3.63, 3.8) is 0 Å². The van der Waals surface area contributed by atoms with Crippen molar-refractivity contribution in [2.45, 2.75) is 44.9 Å². The van der Waals surface area contributed by atoms with Crippen LogP contribution >= 0.6 is 0 Å². The fourth-order valence-electron chi connectivity index (χ4n) is 2.88. The molecule has 1 saturated heterocycles. The van der Waals surface area contributed by atoms with Gasteiger partial charge >= 0.3 is 12.1 Å². The predicted octanol–water partition coefficient (Wildman–Crippen LogP) is 1.54. The number of hydrogen-bond acceptors (Lipinski definition) is 6. The van der Waals surface area contributed by atoms with E-state index in [4.69, 9.17) is 9.47 Å². The first kappa shape index (κ1) is 21.2. The standard InChI is InChI=1S/C19H25N3O6/c1-19(2,3)28-18(26)22-10-14(9-15(22)17(25)27-4)21-16(24)12-5-7-13(8-6-12)20-11-23/h5-8,11,14-15H,9-10H2,1-4H3,(H,20,23)(H,21,24)/t14?,15-/m0/s1. The number of carbonyl (C=O) groups excluding carboxylic acids is 4. The molecule has 2 rings (SSSR count). The second kappa shape index (κ2) is 8.73. The van der Waals surface area contributed by atoms with Gasteiger partial charge in [0, 0.05) is 30.3 Å². The molecule has 1 aliphatic rings. The molecule has 1 fully saturated rings. The zero-order chi connectivity index (χ0) is 20.9. The first-order valence-electron chi connectivity index (χ1n) is 8.83. The third kappa shape index (κ3) is 5.45. The van der Waals surface area contributed by atoms with E-state index < -0.39 is 29.7 Å². The highest BCUT2D eigenvalue weighted by Gasteiger charge is 2.42. The molecule has 2 atom stereocenters. The Labute approximate surface area is 163 Å². The van der Waals surface area contributed by atoms with E-state index in [1.807, 2.05) is 0 Å². The predicted molar refractivity (Wildman–Crippen MR) is 101 cm³/mol. The second-order valence-electron chi connectivity index (χ2n) is 7.42. The number of nitrogens with zero attached hydrogens (tertiary/aromatic N) is 1. The number of esters is 1. The third-order valence-corrected chi connectivity index (χ3v) is 4.11. The van der Waals surface area contributed by atoms with Crippen LogP contribution in [0.15, 0.2) is 24.3 Å². The highest BCUT2D eigenvalue weighted by atomic mass is 16.6. The number of amides is 3. The van der Waals surface area contributed by atoms with Crippen molar-refractivity contribution in [3.05, 3.63) is 29.8 Å². The van der Waals surface area contributed by atoms with Crippen LogP contribution in [0.3, 0.4) is 0 Å². The number of carbonyl (C=O) groups is 4. The molecule has 2 N–H and O–H groups in total. The molecule has 1 heterocycles. The molecule has 3 amide bonds. The molecule has 1 unspecified atom stereocenters. The van der Waals surface area contributed by atoms with Crippen LogP contribution in [0.4, 0.5) is 10.5 Å². The summed E-state index contributed by atoms with van der Waals surface area (Å²) in [6.07, 6.45) is 0.137. The molecule has 28 heavy (non-hydrogen) atoms. The average Bonchev–Trinajstić information content (AvgIpc) is 3.04. The van der Waals surface area contributed by atoms with Crippen molar-refractivity contribution < 1.29 is 28.7 Å². The van der Waals surface area contributed by atoms with E-state index in [-0.39, 0.29) is 18.9 Å². The highest BCUT2D eigenvalue weighted by Crippen LogP contribution is 2.23. The maximum absolute atomic E-state index is 12.5. The Kier molecular flexibility index (Phi) is 6.61. The molecular weight excluding hydrogens is 366 g/mol. The van der Waals surface area contributed by atoms with Crippen LogP contribution in [-0.2, 0) is 19.1 Å². The Morgan fingerprint density at radius 3 is 2.36 bits per heavy atom. The smallest absolute Gasteiger partial charge is 0.411 e. The van der Waals surface area contributed by atoms with Crippen molar-refractivity contribution in [2.75, 3.05) is 19.0 Å². The zero-order valence-corrected chi connectivity index (χ0v) is 16.4. The van der Waals surface area contributed by atoms with E-state index in [0.29, 0.717) is 17.7 Å². The van der Waals surface area contributed by atoms with Gasteiger partial charge in [-0.25, -0.2) is 9.59 Å². The van der Waals surface area contributed by atoms with Gasteiger partial charge in [0.2, 0.25) is 6.41 Å². The van der Waals surface area contributed by atoms with Crippen molar-refractivity contribution in [1.82, 2.24) is 10.2 Å². The minimum atomic E-state index is -0.829. The summed E-state index contributed by atoms with van der Waals surface area (Å²) in [7, 11) is 1.25. The molecule has 9 nitrogen and oxygen atoms in total. The molecule has 0 radical (unpaired) electrons. The van der Waals surface area contributed by atoms with Gasteiger partial charge in [-0.1, -0.05) is 0 Å². The normalized spacial score (nSPS) is 18.9. The van der Waals surface area contributed by atoms with E-state index in [1.165, 1.54) is 12.0 Å². The number of anilines is 1. The van der Waals surface area contributed by atoms with Crippen LogP contribution in [0.25, 0.3) is 0 Å². The molecule has 152 valence electrons. The minimum Gasteiger partial charge on any atom is -0.467 e. The Morgan fingerprint density at radius 1 is 1.18 bits per heavy atom. The second-order valence-corrected chi connectivity index (χ2v) is 7.42. The van der Waals surface area contributed by atoms with Crippen molar-refractivity contribution in [2.24, 2.45) is 0 Å². The van der Waals surface area contributed by atoms with Gasteiger partial charge in [0.05, 0.1) is 7.11 Å². The summed E-state index contributed by atoms with van der Waals surface area (Å²) >= 11 is 0. The molecule has 0 aromatic heterocycles. The lowest BCUT2D eigenvalue weighted by Crippen LogP contribution is -2.44. The summed E-state index contributed by atoms with van der Waals surface area (Å²) in [5.41, 5.74) is 0.243. The van der Waals surface area contributed by atoms with Crippen LogP contribution < -0.4 is 10.6 Å². The summed E-state index contributed by atoms with van der Waals surface area (Å²) in [6, 6.07) is 5.07. The monoisotopic (exact) mass is 391 g/mol. The van der Waals surface area contributed by atoms with Crippen molar-refractivity contribution in [1.29, 1.82) is 0 Å². The van der Waals surface area contributed by atoms with Gasteiger partial charge in [0.15, 0.2) is 0 Å². The lowest BCUT2D eigenvalue weighted by atomic mass is 10.1. The summed E-state index contributed by atoms with van der Waals surface area (Å²) in [5.74, 6) is -0.913. The van der Waals surface area contributed by atoms with Gasteiger partial charge < -0.3 is 20.1 Å². The Bertz CT molecular complexity index is 741. The lowest BCUT2D eigenvalue weighted by Gasteiger charge is -2.27. The van der Waals surface area contributed by atoms with Gasteiger partial charge in [0.25, 0.3) is 5.91 Å². The maximum Gasteiger partial charge on any atom is 0.411 e. The Hall–Kier alpha value is -3.10. The minimum absolute atomic E-state index is 0.130. The van der Waals surface area contributed by atoms with Gasteiger partial charge in [-0.15, -0.1) is 0 Å². The largest absolute Gasteiger partial charge is 0.467 e. The van der Waals surface area contributed by atoms with E-state index in [0.717, 1.165) is 0 Å². The Balaban J connectivity index is 2.07. The van der Waals surface area contributed by atoms with Gasteiger partial charge in [-0.3, -0.25) is 14.5 Å². The molecule has 9 heteroatoms. The van der Waals surface area contributed by atoms with Crippen molar-refractivity contribution >= 4 is 30.1 Å². The van der Waals surface area contributed by atoms with E-state index >= 15 is 0 Å². The zero-order valence-electron chi connectivity index (χ0n) is 16.4. The fourth-order valence-corrected chi connectivity index (χ4v) is 2.88. The number of likely N-dealkylation sites (tertiary alicyclic amines) is 1. The summed E-state index contributed by atoms with van der Waals surface area (Å²) in [6.45, 7) is 5.33. The van der Waals surface area contributed by atoms with Crippen LogP contribution in [0, 0.1) is 0 Å². The van der Waals surface area contributed by atoms with Crippen LogP contribution in [0.5, 0.6) is 0 Å². The summed E-state index contributed by atoms with van der Waals surface area (Å²) in [4.78, 5) is 48.7. The summed E-state index contributed by atoms with van der Waals surface area (Å²) < 4.78 is 10.1. The quantitative estimate of drug-likeness (QED) is 0.581. The third-order valence-electron chi connectivity index (χ3n) is 4.11. The molecule has 0 spiro atoms. The number of rotatable bonds is 5. The van der Waals surface area contributed by atoms with E-state index in [1.54, 1.807) is 45.0 Å². The number of hydrogen-bond donors (Lipinski definition) is 2. The van der Waals surface area contributed by atoms with Gasteiger partial charge in [-0.2, -0.15) is 0 Å².